The van der Waals surface area contributed by atoms with Gasteiger partial charge in [0.25, 0.3) is 10.0 Å². The van der Waals surface area contributed by atoms with E-state index in [2.05, 4.69) is 21.2 Å². The van der Waals surface area contributed by atoms with Gasteiger partial charge >= 0.3 is 0 Å². The van der Waals surface area contributed by atoms with Crippen LogP contribution in [-0.4, -0.2) is 43.8 Å². The predicted octanol–water partition coefficient (Wildman–Crippen LogP) is 5.94. The first-order chi connectivity index (χ1) is 18.4. The van der Waals surface area contributed by atoms with Gasteiger partial charge in [0, 0.05) is 22.1 Å². The molecule has 0 radical (unpaired) electrons. The number of nitrogens with one attached hydrogen (secondary N) is 1. The topological polar surface area (TPSA) is 86.8 Å². The van der Waals surface area contributed by atoms with Crippen LogP contribution in [-0.2, 0) is 26.2 Å². The molecular formula is C29H33BrClN3O4S. The van der Waals surface area contributed by atoms with Crippen LogP contribution in [0.4, 0.5) is 5.69 Å². The van der Waals surface area contributed by atoms with Crippen molar-refractivity contribution in [1.29, 1.82) is 0 Å². The van der Waals surface area contributed by atoms with Crippen LogP contribution < -0.4 is 9.62 Å². The van der Waals surface area contributed by atoms with Crippen LogP contribution in [0.5, 0.6) is 0 Å². The lowest BCUT2D eigenvalue weighted by molar-refractivity contribution is -0.139. The van der Waals surface area contributed by atoms with Gasteiger partial charge in [-0.2, -0.15) is 0 Å². The van der Waals surface area contributed by atoms with Crippen molar-refractivity contribution in [1.82, 2.24) is 10.2 Å². The quantitative estimate of drug-likeness (QED) is 0.283. The van der Waals surface area contributed by atoms with Gasteiger partial charge < -0.3 is 10.2 Å². The minimum atomic E-state index is -4.15. The Morgan fingerprint density at radius 3 is 2.18 bits per heavy atom. The Bertz CT molecular complexity index is 1400. The van der Waals surface area contributed by atoms with Crippen molar-refractivity contribution in [3.63, 3.8) is 0 Å². The first kappa shape index (κ1) is 30.7. The fourth-order valence-corrected chi connectivity index (χ4v) is 5.79. The zero-order valence-electron chi connectivity index (χ0n) is 22.4. The Labute approximate surface area is 244 Å². The van der Waals surface area contributed by atoms with Gasteiger partial charge in [-0.3, -0.25) is 13.9 Å². The van der Waals surface area contributed by atoms with Crippen LogP contribution in [0, 0.1) is 6.92 Å². The molecule has 3 aromatic carbocycles. The Balaban J connectivity index is 2.03. The van der Waals surface area contributed by atoms with E-state index in [1.54, 1.807) is 38.1 Å². The SMILES string of the molecule is CCC(C)NC(=O)C(C)N(Cc1ccc(Br)cc1)C(=O)CN(c1ccccc1C)S(=O)(=O)c1ccc(Cl)cc1. The van der Waals surface area contributed by atoms with Crippen molar-refractivity contribution in [2.45, 2.75) is 57.6 Å². The number of benzene rings is 3. The summed E-state index contributed by atoms with van der Waals surface area (Å²) in [7, 11) is -4.15. The van der Waals surface area contributed by atoms with E-state index < -0.39 is 28.5 Å². The van der Waals surface area contributed by atoms with Gasteiger partial charge in [-0.05, 0) is 80.8 Å². The van der Waals surface area contributed by atoms with Gasteiger partial charge in [0.05, 0.1) is 10.6 Å². The molecule has 2 atom stereocenters. The van der Waals surface area contributed by atoms with Gasteiger partial charge in [0.1, 0.15) is 12.6 Å². The van der Waals surface area contributed by atoms with E-state index >= 15 is 0 Å². The van der Waals surface area contributed by atoms with Gasteiger partial charge in [-0.1, -0.05) is 64.8 Å². The Hall–Kier alpha value is -2.88. The summed E-state index contributed by atoms with van der Waals surface area (Å²) in [6.07, 6.45) is 0.736. The maximum Gasteiger partial charge on any atom is 0.264 e. The van der Waals surface area contributed by atoms with E-state index in [-0.39, 0.29) is 23.4 Å². The first-order valence-corrected chi connectivity index (χ1v) is 15.2. The number of amides is 2. The molecule has 208 valence electrons. The zero-order chi connectivity index (χ0) is 28.7. The first-order valence-electron chi connectivity index (χ1n) is 12.6. The fraction of sp³-hybridized carbons (Fsp3) is 0.310. The highest BCUT2D eigenvalue weighted by Crippen LogP contribution is 2.28. The minimum Gasteiger partial charge on any atom is -0.352 e. The molecule has 0 aliphatic heterocycles. The maximum absolute atomic E-state index is 14.0. The number of hydrogen-bond donors (Lipinski definition) is 1. The smallest absolute Gasteiger partial charge is 0.264 e. The molecule has 0 bridgehead atoms. The highest BCUT2D eigenvalue weighted by molar-refractivity contribution is 9.10. The molecule has 0 aliphatic carbocycles. The largest absolute Gasteiger partial charge is 0.352 e. The average molecular weight is 635 g/mol. The van der Waals surface area contributed by atoms with Gasteiger partial charge in [0.2, 0.25) is 11.8 Å². The third-order valence-corrected chi connectivity index (χ3v) is 9.05. The molecule has 0 spiro atoms. The van der Waals surface area contributed by atoms with Gasteiger partial charge in [0.15, 0.2) is 0 Å². The van der Waals surface area contributed by atoms with Crippen LogP contribution in [0.15, 0.2) is 82.2 Å². The number of nitrogens with zero attached hydrogens (tertiary/aromatic N) is 2. The van der Waals surface area contributed by atoms with Crippen molar-refractivity contribution in [3.8, 4) is 0 Å². The molecule has 1 N–H and O–H groups in total. The van der Waals surface area contributed by atoms with Crippen LogP contribution in [0.2, 0.25) is 5.02 Å². The highest BCUT2D eigenvalue weighted by Gasteiger charge is 2.33. The number of para-hydroxylation sites is 1. The van der Waals surface area contributed by atoms with Gasteiger partial charge in [-0.15, -0.1) is 0 Å². The molecule has 0 fully saturated rings. The molecule has 0 aromatic heterocycles. The summed E-state index contributed by atoms with van der Waals surface area (Å²) in [6.45, 7) is 6.93. The van der Waals surface area contributed by atoms with Crippen molar-refractivity contribution in [3.05, 3.63) is 93.4 Å². The second-order valence-electron chi connectivity index (χ2n) is 9.39. The zero-order valence-corrected chi connectivity index (χ0v) is 25.6. The molecule has 2 amide bonds. The molecule has 0 heterocycles. The molecule has 0 saturated heterocycles. The molecule has 0 saturated carbocycles. The van der Waals surface area contributed by atoms with Crippen molar-refractivity contribution >= 4 is 55.1 Å². The van der Waals surface area contributed by atoms with E-state index in [1.807, 2.05) is 38.1 Å². The van der Waals surface area contributed by atoms with Crippen molar-refractivity contribution < 1.29 is 18.0 Å². The Kier molecular flexibility index (Phi) is 10.6. The molecule has 7 nitrogen and oxygen atoms in total. The summed E-state index contributed by atoms with van der Waals surface area (Å²) >= 11 is 9.41. The van der Waals surface area contributed by atoms with Gasteiger partial charge in [-0.25, -0.2) is 8.42 Å². The number of sulfonamides is 1. The lowest BCUT2D eigenvalue weighted by atomic mass is 10.1. The molecule has 39 heavy (non-hydrogen) atoms. The van der Waals surface area contributed by atoms with E-state index in [4.69, 9.17) is 11.6 Å². The summed E-state index contributed by atoms with van der Waals surface area (Å²) in [4.78, 5) is 28.5. The van der Waals surface area contributed by atoms with Crippen LogP contribution in [0.25, 0.3) is 0 Å². The maximum atomic E-state index is 14.0. The number of rotatable bonds is 11. The molecule has 2 unspecified atom stereocenters. The third-order valence-electron chi connectivity index (χ3n) is 6.50. The lowest BCUT2D eigenvalue weighted by Gasteiger charge is -2.33. The molecule has 3 rings (SSSR count). The number of hydrogen-bond acceptors (Lipinski definition) is 4. The van der Waals surface area contributed by atoms with E-state index in [0.717, 1.165) is 20.8 Å². The standard InChI is InChI=1S/C29H33BrClN3O4S/c1-5-21(3)32-29(36)22(4)33(18-23-10-12-24(30)13-11-23)28(35)19-34(27-9-7-6-8-20(27)2)39(37,38)26-16-14-25(31)15-17-26/h6-17,21-22H,5,18-19H2,1-4H3,(H,32,36). The third kappa shape index (κ3) is 7.84. The summed E-state index contributed by atoms with van der Waals surface area (Å²) in [5.74, 6) is -0.816. The number of halogens is 2. The Morgan fingerprint density at radius 2 is 1.59 bits per heavy atom. The fourth-order valence-electron chi connectivity index (χ4n) is 3.93. The van der Waals surface area contributed by atoms with Crippen LogP contribution in [0.1, 0.15) is 38.3 Å². The summed E-state index contributed by atoms with van der Waals surface area (Å²) in [5, 5.41) is 3.33. The number of carbonyl (C=O) groups is 2. The predicted molar refractivity (Wildman–Crippen MR) is 159 cm³/mol. The number of aryl methyl sites for hydroxylation is 1. The van der Waals surface area contributed by atoms with E-state index in [9.17, 15) is 18.0 Å². The normalized spacial score (nSPS) is 12.9. The summed E-state index contributed by atoms with van der Waals surface area (Å²) < 4.78 is 29.7. The Morgan fingerprint density at radius 1 is 0.974 bits per heavy atom. The van der Waals surface area contributed by atoms with E-state index in [0.29, 0.717) is 16.3 Å². The molecule has 0 aliphatic rings. The number of anilines is 1. The second-order valence-corrected chi connectivity index (χ2v) is 12.6. The second kappa shape index (κ2) is 13.5. The molecular weight excluding hydrogens is 602 g/mol. The van der Waals surface area contributed by atoms with Crippen molar-refractivity contribution in [2.75, 3.05) is 10.8 Å². The van der Waals surface area contributed by atoms with Crippen LogP contribution in [0.3, 0.4) is 0 Å². The average Bonchev–Trinajstić information content (AvgIpc) is 2.91. The highest BCUT2D eigenvalue weighted by atomic mass is 79.9. The number of carbonyl (C=O) groups excluding carboxylic acids is 2. The monoisotopic (exact) mass is 633 g/mol. The summed E-state index contributed by atoms with van der Waals surface area (Å²) in [5.41, 5.74) is 1.86. The lowest BCUT2D eigenvalue weighted by Crippen LogP contribution is -2.52. The molecule has 10 heteroatoms. The molecule has 3 aromatic rings. The minimum absolute atomic E-state index is 0.00461. The van der Waals surface area contributed by atoms with Crippen LogP contribution >= 0.6 is 27.5 Å². The van der Waals surface area contributed by atoms with Crippen molar-refractivity contribution in [2.24, 2.45) is 0 Å². The summed E-state index contributed by atoms with van der Waals surface area (Å²) in [6, 6.07) is 19.3. The van der Waals surface area contributed by atoms with E-state index in [1.165, 1.54) is 29.2 Å².